The Labute approximate surface area is 201 Å². The molecule has 6 nitrogen and oxygen atoms in total. The summed E-state index contributed by atoms with van der Waals surface area (Å²) in [6, 6.07) is -1.11. The number of amides is 1. The molecule has 1 unspecified atom stereocenters. The maximum atomic E-state index is 11.7. The Bertz CT molecular complexity index is 396. The molecule has 7 heteroatoms. The van der Waals surface area contributed by atoms with Crippen LogP contribution in [0.5, 0.6) is 0 Å². The van der Waals surface area contributed by atoms with Crippen LogP contribution in [0.4, 0.5) is 0 Å². The molecule has 0 aliphatic rings. The fourth-order valence-corrected chi connectivity index (χ4v) is 2.74. The van der Waals surface area contributed by atoms with Crippen LogP contribution in [0.25, 0.3) is 0 Å². The van der Waals surface area contributed by atoms with Crippen molar-refractivity contribution >= 4 is 17.8 Å². The second-order valence-corrected chi connectivity index (χ2v) is 6.68. The molecule has 1 amide bonds. The molecule has 148 valence electrons. The monoisotopic (exact) mass is 397 g/mol. The van der Waals surface area contributed by atoms with Gasteiger partial charge in [0.15, 0.2) is 0 Å². The summed E-state index contributed by atoms with van der Waals surface area (Å²) in [7, 11) is 0. The van der Waals surface area contributed by atoms with Gasteiger partial charge in [0.05, 0.1) is 0 Å². The van der Waals surface area contributed by atoms with Gasteiger partial charge in [-0.25, -0.2) is 4.79 Å². The SMILES string of the molecule is CCCCCCCCCCCCCC(=O)NC(CCC(=O)O)C(=O)O.[H-].[K+]. The molecule has 0 radical (unpaired) electrons. The Morgan fingerprint density at radius 3 is 1.69 bits per heavy atom. The maximum absolute atomic E-state index is 11.7. The fraction of sp³-hybridized carbons (Fsp3) is 0.842. The summed E-state index contributed by atoms with van der Waals surface area (Å²) in [5.41, 5.74) is 0. The molecule has 3 N–H and O–H groups in total. The predicted molar refractivity (Wildman–Crippen MR) is 98.6 cm³/mol. The predicted octanol–water partition coefficient (Wildman–Crippen LogP) is 1.24. The minimum absolute atomic E-state index is 0. The van der Waals surface area contributed by atoms with Gasteiger partial charge in [-0.05, 0) is 12.8 Å². The minimum atomic E-state index is -1.19. The van der Waals surface area contributed by atoms with Gasteiger partial charge in [0.2, 0.25) is 5.91 Å². The van der Waals surface area contributed by atoms with Crippen molar-refractivity contribution in [3.05, 3.63) is 0 Å². The molecule has 1 atom stereocenters. The van der Waals surface area contributed by atoms with E-state index in [9.17, 15) is 14.4 Å². The molecule has 0 aromatic carbocycles. The molecule has 0 aliphatic carbocycles. The van der Waals surface area contributed by atoms with E-state index in [2.05, 4.69) is 12.2 Å². The van der Waals surface area contributed by atoms with Crippen LogP contribution in [-0.4, -0.2) is 34.1 Å². The van der Waals surface area contributed by atoms with Crippen LogP contribution in [0.15, 0.2) is 0 Å². The summed E-state index contributed by atoms with van der Waals surface area (Å²) in [4.78, 5) is 33.2. The fourth-order valence-electron chi connectivity index (χ4n) is 2.74. The van der Waals surface area contributed by atoms with Crippen LogP contribution < -0.4 is 56.7 Å². The van der Waals surface area contributed by atoms with Crippen molar-refractivity contribution in [3.63, 3.8) is 0 Å². The van der Waals surface area contributed by atoms with Crippen molar-refractivity contribution < 1.29 is 77.4 Å². The number of carboxylic acid groups (broad SMARTS) is 2. The van der Waals surface area contributed by atoms with Crippen LogP contribution >= 0.6 is 0 Å². The minimum Gasteiger partial charge on any atom is -1.00 e. The largest absolute Gasteiger partial charge is 1.00 e. The number of hydrogen-bond acceptors (Lipinski definition) is 3. The van der Waals surface area contributed by atoms with Crippen LogP contribution in [0.1, 0.15) is 98.2 Å². The second kappa shape index (κ2) is 19.8. The molecular formula is C19H36KNO5. The van der Waals surface area contributed by atoms with Gasteiger partial charge < -0.3 is 17.0 Å². The Morgan fingerprint density at radius 2 is 1.27 bits per heavy atom. The third kappa shape index (κ3) is 18.8. The van der Waals surface area contributed by atoms with Gasteiger partial charge >= 0.3 is 63.3 Å². The van der Waals surface area contributed by atoms with E-state index >= 15 is 0 Å². The van der Waals surface area contributed by atoms with Gasteiger partial charge in [-0.1, -0.05) is 71.1 Å². The molecule has 0 fully saturated rings. The van der Waals surface area contributed by atoms with Gasteiger partial charge in [-0.15, -0.1) is 0 Å². The van der Waals surface area contributed by atoms with E-state index in [-0.39, 0.29) is 71.6 Å². The topological polar surface area (TPSA) is 104 Å². The molecule has 0 aliphatic heterocycles. The zero-order valence-electron chi connectivity index (χ0n) is 17.6. The first-order chi connectivity index (χ1) is 12.0. The summed E-state index contributed by atoms with van der Waals surface area (Å²) >= 11 is 0. The molecule has 0 aromatic rings. The Hall–Kier alpha value is 0.0464. The standard InChI is InChI=1S/C19H35NO5.K.H/c1-2-3-4-5-6-7-8-9-10-11-12-13-17(21)20-16(19(24)25)14-15-18(22)23;;/h16H,2-15H2,1H3,(H,20,21)(H,22,23)(H,24,25);;/q;+1;-1. The van der Waals surface area contributed by atoms with Crippen LogP contribution in [-0.2, 0) is 14.4 Å². The summed E-state index contributed by atoms with van der Waals surface area (Å²) < 4.78 is 0. The summed E-state index contributed by atoms with van der Waals surface area (Å²) in [5.74, 6) is -2.56. The van der Waals surface area contributed by atoms with Gasteiger partial charge in [-0.3, -0.25) is 9.59 Å². The number of nitrogens with one attached hydrogen (secondary N) is 1. The van der Waals surface area contributed by atoms with Crippen LogP contribution in [0.3, 0.4) is 0 Å². The Balaban J connectivity index is -0.00000288. The van der Waals surface area contributed by atoms with Gasteiger partial charge in [0, 0.05) is 12.8 Å². The zero-order valence-corrected chi connectivity index (χ0v) is 19.7. The van der Waals surface area contributed by atoms with Crippen molar-refractivity contribution in [2.75, 3.05) is 0 Å². The molecule has 0 heterocycles. The molecule has 0 saturated heterocycles. The number of rotatable bonds is 17. The van der Waals surface area contributed by atoms with Crippen molar-refractivity contribution in [2.24, 2.45) is 0 Å². The van der Waals surface area contributed by atoms with E-state index in [4.69, 9.17) is 10.2 Å². The van der Waals surface area contributed by atoms with E-state index < -0.39 is 18.0 Å². The maximum Gasteiger partial charge on any atom is 1.00 e. The normalized spacial score (nSPS) is 11.4. The first-order valence-corrected chi connectivity index (χ1v) is 9.71. The van der Waals surface area contributed by atoms with E-state index in [1.807, 2.05) is 0 Å². The van der Waals surface area contributed by atoms with Crippen molar-refractivity contribution in [1.82, 2.24) is 5.32 Å². The number of unbranched alkanes of at least 4 members (excludes halogenated alkanes) is 10. The van der Waals surface area contributed by atoms with E-state index in [0.29, 0.717) is 6.42 Å². The van der Waals surface area contributed by atoms with Crippen molar-refractivity contribution in [3.8, 4) is 0 Å². The Morgan fingerprint density at radius 1 is 0.808 bits per heavy atom. The van der Waals surface area contributed by atoms with Gasteiger partial charge in [0.25, 0.3) is 0 Å². The molecule has 0 saturated carbocycles. The van der Waals surface area contributed by atoms with E-state index in [1.165, 1.54) is 51.4 Å². The molecular weight excluding hydrogens is 361 g/mol. The zero-order chi connectivity index (χ0) is 18.9. The van der Waals surface area contributed by atoms with Gasteiger partial charge in [-0.2, -0.15) is 0 Å². The third-order valence-electron chi connectivity index (χ3n) is 4.29. The second-order valence-electron chi connectivity index (χ2n) is 6.68. The summed E-state index contributed by atoms with van der Waals surface area (Å²) in [6.45, 7) is 2.22. The number of hydrogen-bond donors (Lipinski definition) is 3. The number of carbonyl (C=O) groups is 3. The number of carboxylic acids is 2. The number of carbonyl (C=O) groups excluding carboxylic acids is 1. The van der Waals surface area contributed by atoms with Crippen molar-refractivity contribution in [2.45, 2.75) is 103 Å². The van der Waals surface area contributed by atoms with Crippen LogP contribution in [0.2, 0.25) is 0 Å². The third-order valence-corrected chi connectivity index (χ3v) is 4.29. The Kier molecular flexibility index (Phi) is 21.5. The first kappa shape index (κ1) is 28.3. The molecule has 0 rings (SSSR count). The van der Waals surface area contributed by atoms with Crippen molar-refractivity contribution in [1.29, 1.82) is 0 Å². The first-order valence-electron chi connectivity index (χ1n) is 9.71. The molecule has 0 bridgehead atoms. The summed E-state index contributed by atoms with van der Waals surface area (Å²) in [6.07, 6.45) is 13.1. The smallest absolute Gasteiger partial charge is 1.00 e. The average Bonchev–Trinajstić information content (AvgIpc) is 2.56. The number of aliphatic carboxylic acids is 2. The van der Waals surface area contributed by atoms with Crippen LogP contribution in [0, 0.1) is 0 Å². The average molecular weight is 398 g/mol. The van der Waals surface area contributed by atoms with E-state index in [0.717, 1.165) is 19.3 Å². The molecule has 26 heavy (non-hydrogen) atoms. The van der Waals surface area contributed by atoms with E-state index in [1.54, 1.807) is 0 Å². The quantitative estimate of drug-likeness (QED) is 0.253. The van der Waals surface area contributed by atoms with Gasteiger partial charge in [0.1, 0.15) is 6.04 Å². The summed E-state index contributed by atoms with van der Waals surface area (Å²) in [5, 5.41) is 20.0. The molecule has 0 aromatic heterocycles. The molecule has 0 spiro atoms.